The third-order valence-electron chi connectivity index (χ3n) is 8.47. The van der Waals surface area contributed by atoms with Crippen molar-refractivity contribution in [3.8, 4) is 29.0 Å². The molecule has 0 atom stereocenters. The second kappa shape index (κ2) is 8.60. The van der Waals surface area contributed by atoms with Crippen molar-refractivity contribution < 1.29 is 8.83 Å². The molecule has 0 unspecified atom stereocenters. The van der Waals surface area contributed by atoms with Crippen LogP contribution in [-0.4, -0.2) is 4.57 Å². The Labute approximate surface area is 244 Å². The second-order valence-electron chi connectivity index (χ2n) is 10.7. The first-order chi connectivity index (χ1) is 21.2. The molecule has 3 aromatic heterocycles. The van der Waals surface area contributed by atoms with E-state index in [9.17, 15) is 10.5 Å². The molecule has 0 radical (unpaired) electrons. The number of aromatic nitrogens is 1. The second-order valence-corrected chi connectivity index (χ2v) is 10.7. The number of para-hydroxylation sites is 3. The van der Waals surface area contributed by atoms with Crippen LogP contribution in [0.5, 0.6) is 0 Å². The van der Waals surface area contributed by atoms with E-state index in [0.717, 1.165) is 76.9 Å². The number of rotatable bonds is 2. The zero-order valence-electron chi connectivity index (χ0n) is 22.6. The summed E-state index contributed by atoms with van der Waals surface area (Å²) in [6, 6.07) is 42.8. The van der Waals surface area contributed by atoms with E-state index in [1.165, 1.54) is 0 Å². The van der Waals surface area contributed by atoms with Crippen LogP contribution in [0.3, 0.4) is 0 Å². The highest BCUT2D eigenvalue weighted by Gasteiger charge is 2.21. The first kappa shape index (κ1) is 23.4. The van der Waals surface area contributed by atoms with Crippen molar-refractivity contribution in [1.82, 2.24) is 4.57 Å². The number of nitrogens with zero attached hydrogens (tertiary/aromatic N) is 3. The molecule has 5 nitrogen and oxygen atoms in total. The summed E-state index contributed by atoms with van der Waals surface area (Å²) in [6.07, 6.45) is 0. The molecule has 5 heteroatoms. The highest BCUT2D eigenvalue weighted by Crippen LogP contribution is 2.43. The van der Waals surface area contributed by atoms with Gasteiger partial charge in [-0.1, -0.05) is 54.6 Å². The summed E-state index contributed by atoms with van der Waals surface area (Å²) in [7, 11) is 0. The highest BCUT2D eigenvalue weighted by atomic mass is 16.3. The fourth-order valence-electron chi connectivity index (χ4n) is 6.64. The van der Waals surface area contributed by atoms with Gasteiger partial charge in [0.1, 0.15) is 28.4 Å². The van der Waals surface area contributed by atoms with Crippen molar-refractivity contribution in [2.75, 3.05) is 0 Å². The molecule has 0 bridgehead atoms. The van der Waals surface area contributed by atoms with Crippen LogP contribution in [0.2, 0.25) is 0 Å². The molecule has 0 aliphatic heterocycles. The molecule has 3 heterocycles. The molecule has 9 aromatic rings. The lowest BCUT2D eigenvalue weighted by Crippen LogP contribution is -2.00. The lowest BCUT2D eigenvalue weighted by atomic mass is 9.97. The van der Waals surface area contributed by atoms with Gasteiger partial charge in [-0.2, -0.15) is 10.5 Å². The number of nitriles is 2. The molecule has 0 fully saturated rings. The Hall–Kier alpha value is -6.30. The number of benzene rings is 6. The maximum absolute atomic E-state index is 10.3. The standard InChI is InChI=1S/C38H19N3O2/c39-20-22-12-14-28-35(18-22)43-33-16-17-34-37(36(28)33)29-19-23(13-15-32(29)42-34)25-9-5-6-24(21-40)38(25)41-30-10-3-1-7-26(30)27-8-2-4-11-31(27)41/h1-19H. The van der Waals surface area contributed by atoms with Gasteiger partial charge in [-0.3, -0.25) is 0 Å². The molecular weight excluding hydrogens is 530 g/mol. The molecule has 0 N–H and O–H groups in total. The largest absolute Gasteiger partial charge is 0.456 e. The van der Waals surface area contributed by atoms with Crippen LogP contribution in [0.25, 0.3) is 82.5 Å². The average molecular weight is 550 g/mol. The van der Waals surface area contributed by atoms with Gasteiger partial charge in [0.15, 0.2) is 0 Å². The van der Waals surface area contributed by atoms with Crippen molar-refractivity contribution in [2.45, 2.75) is 0 Å². The first-order valence-corrected chi connectivity index (χ1v) is 14.0. The van der Waals surface area contributed by atoms with Crippen molar-refractivity contribution in [3.05, 3.63) is 126 Å². The van der Waals surface area contributed by atoms with Gasteiger partial charge in [-0.15, -0.1) is 0 Å². The molecule has 0 aliphatic carbocycles. The molecule has 198 valence electrons. The number of hydrogen-bond donors (Lipinski definition) is 0. The molecule has 0 aliphatic rings. The van der Waals surface area contributed by atoms with Gasteiger partial charge >= 0.3 is 0 Å². The Morgan fingerprint density at radius 3 is 1.91 bits per heavy atom. The Balaban J connectivity index is 1.37. The zero-order chi connectivity index (χ0) is 28.7. The van der Waals surface area contributed by atoms with E-state index in [1.807, 2.05) is 54.6 Å². The number of hydrogen-bond acceptors (Lipinski definition) is 4. The smallest absolute Gasteiger partial charge is 0.136 e. The third-order valence-corrected chi connectivity index (χ3v) is 8.47. The van der Waals surface area contributed by atoms with Crippen molar-refractivity contribution >= 4 is 65.7 Å². The van der Waals surface area contributed by atoms with E-state index < -0.39 is 0 Å². The van der Waals surface area contributed by atoms with Crippen LogP contribution in [0.4, 0.5) is 0 Å². The Bertz CT molecular complexity index is 2650. The summed E-state index contributed by atoms with van der Waals surface area (Å²) >= 11 is 0. The van der Waals surface area contributed by atoms with Crippen LogP contribution in [0, 0.1) is 22.7 Å². The number of fused-ring (bicyclic) bond motifs is 10. The third kappa shape index (κ3) is 3.19. The predicted molar refractivity (Wildman–Crippen MR) is 170 cm³/mol. The van der Waals surface area contributed by atoms with E-state index in [-0.39, 0.29) is 0 Å². The Morgan fingerprint density at radius 1 is 0.512 bits per heavy atom. The van der Waals surface area contributed by atoms with Crippen molar-refractivity contribution in [2.24, 2.45) is 0 Å². The van der Waals surface area contributed by atoms with E-state index in [0.29, 0.717) is 16.7 Å². The first-order valence-electron chi connectivity index (χ1n) is 14.0. The fourth-order valence-corrected chi connectivity index (χ4v) is 6.64. The summed E-state index contributed by atoms with van der Waals surface area (Å²) in [5.74, 6) is 0. The van der Waals surface area contributed by atoms with Crippen molar-refractivity contribution in [3.63, 3.8) is 0 Å². The molecule has 0 spiro atoms. The molecule has 0 saturated carbocycles. The Kier molecular flexibility index (Phi) is 4.68. The van der Waals surface area contributed by atoms with Gasteiger partial charge in [-0.05, 0) is 66.2 Å². The summed E-state index contributed by atoms with van der Waals surface area (Å²) in [4.78, 5) is 0. The summed E-state index contributed by atoms with van der Waals surface area (Å²) < 4.78 is 14.7. The number of furan rings is 2. The molecule has 43 heavy (non-hydrogen) atoms. The quantitative estimate of drug-likeness (QED) is 0.215. The van der Waals surface area contributed by atoms with Crippen LogP contribution < -0.4 is 0 Å². The van der Waals surface area contributed by atoms with Gasteiger partial charge in [0.2, 0.25) is 0 Å². The minimum atomic E-state index is 0.553. The lowest BCUT2D eigenvalue weighted by molar-refractivity contribution is 0.663. The minimum Gasteiger partial charge on any atom is -0.456 e. The van der Waals surface area contributed by atoms with Crippen LogP contribution in [0.15, 0.2) is 124 Å². The molecule has 9 rings (SSSR count). The summed E-state index contributed by atoms with van der Waals surface area (Å²) in [5.41, 5.74) is 8.95. The van der Waals surface area contributed by atoms with Gasteiger partial charge in [0.25, 0.3) is 0 Å². The van der Waals surface area contributed by atoms with Gasteiger partial charge in [-0.25, -0.2) is 0 Å². The minimum absolute atomic E-state index is 0.553. The molecule has 6 aromatic carbocycles. The van der Waals surface area contributed by atoms with Crippen LogP contribution in [-0.2, 0) is 0 Å². The summed E-state index contributed by atoms with van der Waals surface area (Å²) in [5, 5.41) is 25.8. The highest BCUT2D eigenvalue weighted by molar-refractivity contribution is 6.26. The fraction of sp³-hybridized carbons (Fsp3) is 0. The SMILES string of the molecule is N#Cc1ccc2c(c1)oc1ccc3oc4ccc(-c5cccc(C#N)c5-n5c6ccccc6c6ccccc65)cc4c3c12. The summed E-state index contributed by atoms with van der Waals surface area (Å²) in [6.45, 7) is 0. The van der Waals surface area contributed by atoms with E-state index >= 15 is 0 Å². The van der Waals surface area contributed by atoms with Gasteiger partial charge in [0, 0.05) is 37.9 Å². The van der Waals surface area contributed by atoms with E-state index in [4.69, 9.17) is 8.83 Å². The topological polar surface area (TPSA) is 78.8 Å². The van der Waals surface area contributed by atoms with Gasteiger partial charge < -0.3 is 13.4 Å². The molecule has 0 amide bonds. The maximum Gasteiger partial charge on any atom is 0.136 e. The molecular formula is C38H19N3O2. The molecule has 0 saturated heterocycles. The van der Waals surface area contributed by atoms with Gasteiger partial charge in [0.05, 0.1) is 33.9 Å². The predicted octanol–water partition coefficient (Wildman–Crippen LogP) is 9.99. The normalized spacial score (nSPS) is 11.7. The lowest BCUT2D eigenvalue weighted by Gasteiger charge is -2.16. The van der Waals surface area contributed by atoms with Crippen LogP contribution in [0.1, 0.15) is 11.1 Å². The maximum atomic E-state index is 10.3. The van der Waals surface area contributed by atoms with E-state index in [2.05, 4.69) is 71.3 Å². The van der Waals surface area contributed by atoms with Crippen LogP contribution >= 0.6 is 0 Å². The van der Waals surface area contributed by atoms with Crippen molar-refractivity contribution in [1.29, 1.82) is 10.5 Å². The zero-order valence-corrected chi connectivity index (χ0v) is 22.6. The van der Waals surface area contributed by atoms with E-state index in [1.54, 1.807) is 6.07 Å². The Morgan fingerprint density at radius 2 is 1.19 bits per heavy atom. The monoisotopic (exact) mass is 549 g/mol. The average Bonchev–Trinajstić information content (AvgIpc) is 3.72.